The van der Waals surface area contributed by atoms with Crippen molar-refractivity contribution >= 4 is 21.8 Å². The zero-order chi connectivity index (χ0) is 19.0. The Balaban J connectivity index is 1.63. The number of hydrogen-bond donors (Lipinski definition) is 0. The van der Waals surface area contributed by atoms with E-state index in [-0.39, 0.29) is 5.91 Å². The Labute approximate surface area is 163 Å². The zero-order valence-electron chi connectivity index (χ0n) is 14.5. The predicted octanol–water partition coefficient (Wildman–Crippen LogP) is 3.51. The number of benzene rings is 1. The van der Waals surface area contributed by atoms with Crippen molar-refractivity contribution in [2.24, 2.45) is 0 Å². The van der Waals surface area contributed by atoms with Gasteiger partial charge in [0.2, 0.25) is 0 Å². The number of nitrogens with zero attached hydrogens (tertiary/aromatic N) is 4. The van der Waals surface area contributed by atoms with E-state index in [2.05, 4.69) is 26.0 Å². The number of fused-ring (bicyclic) bond motifs is 1. The summed E-state index contributed by atoms with van der Waals surface area (Å²) in [5.41, 5.74) is 2.16. The number of rotatable bonds is 4. The highest BCUT2D eigenvalue weighted by atomic mass is 79.9. The van der Waals surface area contributed by atoms with Crippen LogP contribution in [0.3, 0.4) is 0 Å². The van der Waals surface area contributed by atoms with Crippen LogP contribution in [0.1, 0.15) is 16.1 Å². The molecule has 0 unspecified atom stereocenters. The van der Waals surface area contributed by atoms with E-state index in [0.29, 0.717) is 41.1 Å². The molecular weight excluding hydrogens is 415 g/mol. The Kier molecular flexibility index (Phi) is 4.65. The van der Waals surface area contributed by atoms with Crippen LogP contribution in [0.25, 0.3) is 11.3 Å². The second-order valence-electron chi connectivity index (χ2n) is 6.16. The molecule has 0 atom stereocenters. The van der Waals surface area contributed by atoms with E-state index < -0.39 is 5.82 Å². The van der Waals surface area contributed by atoms with Crippen molar-refractivity contribution in [3.8, 4) is 17.0 Å². The molecule has 4 rings (SSSR count). The molecule has 6 nitrogen and oxygen atoms in total. The standard InChI is InChI=1S/C19H16BrFN4O2/c1-27-13-4-2-12(3-5-13)11-24-8-9-25-18(19(24)26)16(20)17(23-25)14-6-7-22-10-15(14)21/h2-7,10H,8-9,11H2,1H3. The lowest BCUT2D eigenvalue weighted by Gasteiger charge is -2.27. The normalized spacial score (nSPS) is 13.6. The molecule has 138 valence electrons. The van der Waals surface area contributed by atoms with Crippen LogP contribution in [0.4, 0.5) is 4.39 Å². The number of carbonyl (C=O) groups excluding carboxylic acids is 1. The fourth-order valence-corrected chi connectivity index (χ4v) is 3.78. The van der Waals surface area contributed by atoms with Crippen LogP contribution in [0.2, 0.25) is 0 Å². The highest BCUT2D eigenvalue weighted by Crippen LogP contribution is 2.34. The molecule has 0 fully saturated rings. The van der Waals surface area contributed by atoms with Gasteiger partial charge in [-0.1, -0.05) is 12.1 Å². The monoisotopic (exact) mass is 430 g/mol. The highest BCUT2D eigenvalue weighted by molar-refractivity contribution is 9.10. The van der Waals surface area contributed by atoms with Crippen molar-refractivity contribution in [1.29, 1.82) is 0 Å². The van der Waals surface area contributed by atoms with Crippen LogP contribution < -0.4 is 4.74 Å². The summed E-state index contributed by atoms with van der Waals surface area (Å²) >= 11 is 3.45. The van der Waals surface area contributed by atoms with Crippen LogP contribution in [0.5, 0.6) is 5.75 Å². The number of hydrogen-bond acceptors (Lipinski definition) is 4. The van der Waals surface area contributed by atoms with Crippen molar-refractivity contribution in [1.82, 2.24) is 19.7 Å². The largest absolute Gasteiger partial charge is 0.497 e. The molecule has 1 aliphatic rings. The summed E-state index contributed by atoms with van der Waals surface area (Å²) in [6.45, 7) is 1.56. The quantitative estimate of drug-likeness (QED) is 0.635. The maximum absolute atomic E-state index is 14.1. The third kappa shape index (κ3) is 3.21. The lowest BCUT2D eigenvalue weighted by atomic mass is 10.1. The summed E-state index contributed by atoms with van der Waals surface area (Å²) in [6.07, 6.45) is 2.64. The van der Waals surface area contributed by atoms with Crippen LogP contribution in [-0.2, 0) is 13.1 Å². The first-order valence-electron chi connectivity index (χ1n) is 8.37. The molecule has 3 aromatic rings. The van der Waals surface area contributed by atoms with E-state index in [0.717, 1.165) is 17.5 Å². The summed E-state index contributed by atoms with van der Waals surface area (Å²) in [4.78, 5) is 18.5. The second-order valence-corrected chi connectivity index (χ2v) is 6.96. The molecule has 2 aromatic heterocycles. The number of aromatic nitrogens is 3. The molecule has 0 spiro atoms. The molecule has 0 bridgehead atoms. The number of carbonyl (C=O) groups is 1. The van der Waals surface area contributed by atoms with E-state index in [9.17, 15) is 9.18 Å². The number of methoxy groups -OCH3 is 1. The van der Waals surface area contributed by atoms with E-state index in [4.69, 9.17) is 4.74 Å². The van der Waals surface area contributed by atoms with Gasteiger partial charge in [-0.05, 0) is 39.7 Å². The summed E-state index contributed by atoms with van der Waals surface area (Å²) in [7, 11) is 1.62. The Bertz CT molecular complexity index is 1000. The maximum atomic E-state index is 14.1. The van der Waals surface area contributed by atoms with E-state index >= 15 is 0 Å². The van der Waals surface area contributed by atoms with Gasteiger partial charge in [-0.25, -0.2) is 4.39 Å². The van der Waals surface area contributed by atoms with Crippen LogP contribution in [0, 0.1) is 5.82 Å². The molecule has 0 N–H and O–H groups in total. The van der Waals surface area contributed by atoms with Gasteiger partial charge in [0.05, 0.1) is 24.3 Å². The predicted molar refractivity (Wildman–Crippen MR) is 101 cm³/mol. The lowest BCUT2D eigenvalue weighted by molar-refractivity contribution is 0.0682. The topological polar surface area (TPSA) is 60.2 Å². The van der Waals surface area contributed by atoms with Gasteiger partial charge >= 0.3 is 0 Å². The Morgan fingerprint density at radius 1 is 1.22 bits per heavy atom. The summed E-state index contributed by atoms with van der Waals surface area (Å²) < 4.78 is 21.4. The molecule has 1 aromatic carbocycles. The molecule has 27 heavy (non-hydrogen) atoms. The molecule has 0 saturated heterocycles. The van der Waals surface area contributed by atoms with Crippen LogP contribution in [0.15, 0.2) is 47.2 Å². The molecule has 3 heterocycles. The van der Waals surface area contributed by atoms with E-state index in [1.54, 1.807) is 22.8 Å². The van der Waals surface area contributed by atoms with Gasteiger partial charge < -0.3 is 9.64 Å². The average Bonchev–Trinajstić information content (AvgIpc) is 3.02. The lowest BCUT2D eigenvalue weighted by Crippen LogP contribution is -2.40. The molecule has 8 heteroatoms. The second kappa shape index (κ2) is 7.11. The highest BCUT2D eigenvalue weighted by Gasteiger charge is 2.31. The third-order valence-corrected chi connectivity index (χ3v) is 5.28. The number of halogens is 2. The zero-order valence-corrected chi connectivity index (χ0v) is 16.1. The Hall–Kier alpha value is -2.74. The van der Waals surface area contributed by atoms with E-state index in [1.807, 2.05) is 24.3 Å². The smallest absolute Gasteiger partial charge is 0.273 e. The third-order valence-electron chi connectivity index (χ3n) is 4.53. The fraction of sp³-hybridized carbons (Fsp3) is 0.211. The van der Waals surface area contributed by atoms with Crippen LogP contribution in [-0.4, -0.2) is 39.2 Å². The number of ether oxygens (including phenoxy) is 1. The van der Waals surface area contributed by atoms with E-state index in [1.165, 1.54) is 6.20 Å². The summed E-state index contributed by atoms with van der Waals surface area (Å²) in [5.74, 6) is 0.155. The Morgan fingerprint density at radius 3 is 2.70 bits per heavy atom. The van der Waals surface area contributed by atoms with Crippen molar-refractivity contribution in [2.75, 3.05) is 13.7 Å². The van der Waals surface area contributed by atoms with Crippen molar-refractivity contribution < 1.29 is 13.9 Å². The van der Waals surface area contributed by atoms with Crippen molar-refractivity contribution in [3.63, 3.8) is 0 Å². The summed E-state index contributed by atoms with van der Waals surface area (Å²) in [5, 5.41) is 4.43. The minimum atomic E-state index is -0.476. The number of pyridine rings is 1. The van der Waals surface area contributed by atoms with Crippen molar-refractivity contribution in [2.45, 2.75) is 13.1 Å². The van der Waals surface area contributed by atoms with Crippen LogP contribution >= 0.6 is 15.9 Å². The molecular formula is C19H16BrFN4O2. The van der Waals surface area contributed by atoms with Gasteiger partial charge in [0.15, 0.2) is 5.82 Å². The molecule has 0 aliphatic carbocycles. The SMILES string of the molecule is COc1ccc(CN2CCn3nc(-c4ccncc4F)c(Br)c3C2=O)cc1. The van der Waals surface area contributed by atoms with Gasteiger partial charge in [0.25, 0.3) is 5.91 Å². The first kappa shape index (κ1) is 17.7. The van der Waals surface area contributed by atoms with Crippen molar-refractivity contribution in [3.05, 3.63) is 64.3 Å². The average molecular weight is 431 g/mol. The molecule has 1 aliphatic heterocycles. The minimum absolute atomic E-state index is 0.142. The van der Waals surface area contributed by atoms with Gasteiger partial charge in [0, 0.05) is 24.8 Å². The maximum Gasteiger partial charge on any atom is 0.273 e. The van der Waals surface area contributed by atoms with Gasteiger partial charge in [-0.2, -0.15) is 5.10 Å². The first-order valence-corrected chi connectivity index (χ1v) is 9.16. The summed E-state index contributed by atoms with van der Waals surface area (Å²) in [6, 6.07) is 9.16. The Morgan fingerprint density at radius 2 is 2.00 bits per heavy atom. The molecule has 1 amide bonds. The molecule has 0 radical (unpaired) electrons. The number of amides is 1. The fourth-order valence-electron chi connectivity index (χ4n) is 3.11. The first-order chi connectivity index (χ1) is 13.1. The van der Waals surface area contributed by atoms with Gasteiger partial charge in [-0.15, -0.1) is 0 Å². The van der Waals surface area contributed by atoms with Gasteiger partial charge in [0.1, 0.15) is 17.1 Å². The minimum Gasteiger partial charge on any atom is -0.497 e. The molecule has 0 saturated carbocycles. The van der Waals surface area contributed by atoms with Gasteiger partial charge in [-0.3, -0.25) is 14.5 Å².